The summed E-state index contributed by atoms with van der Waals surface area (Å²) < 4.78 is 5.61. The highest BCUT2D eigenvalue weighted by Crippen LogP contribution is 2.18. The van der Waals surface area contributed by atoms with E-state index in [-0.39, 0.29) is 0 Å². The molecule has 0 N–H and O–H groups in total. The van der Waals surface area contributed by atoms with Gasteiger partial charge in [0.1, 0.15) is 12.4 Å². The predicted molar refractivity (Wildman–Crippen MR) is 75.9 cm³/mol. The molecule has 0 heterocycles. The van der Waals surface area contributed by atoms with Crippen molar-refractivity contribution in [1.82, 2.24) is 4.90 Å². The highest BCUT2D eigenvalue weighted by Gasteiger charge is 1.99. The summed E-state index contributed by atoms with van der Waals surface area (Å²) in [7, 11) is 4.09. The largest absolute Gasteiger partial charge is 0.492 e. The number of benzene rings is 1. The molecule has 2 nitrogen and oxygen atoms in total. The Morgan fingerprint density at radius 2 is 1.59 bits per heavy atom. The molecular formula is C15H27NO. The Bertz CT molecular complexity index is 277. The maximum atomic E-state index is 5.61. The van der Waals surface area contributed by atoms with E-state index in [9.17, 15) is 0 Å². The first kappa shape index (κ1) is 16.0. The molecular weight excluding hydrogens is 210 g/mol. The summed E-state index contributed by atoms with van der Waals surface area (Å²) in [6.07, 6.45) is 0. The van der Waals surface area contributed by atoms with Crippen LogP contribution in [0.25, 0.3) is 0 Å². The lowest BCUT2D eigenvalue weighted by Gasteiger charge is -2.11. The predicted octanol–water partition coefficient (Wildman–Crippen LogP) is 3.78. The zero-order valence-corrected chi connectivity index (χ0v) is 12.2. The molecule has 0 atom stereocenters. The highest BCUT2D eigenvalue weighted by molar-refractivity contribution is 5.28. The van der Waals surface area contributed by atoms with Crippen molar-refractivity contribution >= 4 is 0 Å². The molecule has 0 aromatic heterocycles. The number of rotatable bonds is 5. The van der Waals surface area contributed by atoms with Gasteiger partial charge in [-0.25, -0.2) is 0 Å². The fourth-order valence-electron chi connectivity index (χ4n) is 1.30. The fourth-order valence-corrected chi connectivity index (χ4v) is 1.30. The fraction of sp³-hybridized carbons (Fsp3) is 0.600. The number of ether oxygens (including phenoxy) is 1. The van der Waals surface area contributed by atoms with E-state index in [0.717, 1.165) is 18.9 Å². The van der Waals surface area contributed by atoms with Gasteiger partial charge in [-0.15, -0.1) is 0 Å². The van der Waals surface area contributed by atoms with Crippen LogP contribution in [0, 0.1) is 0 Å². The van der Waals surface area contributed by atoms with Gasteiger partial charge < -0.3 is 9.64 Å². The normalized spacial score (nSPS) is 10.1. The van der Waals surface area contributed by atoms with Crippen molar-refractivity contribution in [1.29, 1.82) is 0 Å². The lowest BCUT2D eigenvalue weighted by atomic mass is 10.0. The van der Waals surface area contributed by atoms with Gasteiger partial charge in [0.15, 0.2) is 0 Å². The SMILES string of the molecule is CC.CC(C)c1ccc(OCCN(C)C)cc1. The summed E-state index contributed by atoms with van der Waals surface area (Å²) in [5, 5.41) is 0. The number of likely N-dealkylation sites (N-methyl/N-ethyl adjacent to an activating group) is 1. The molecule has 0 aliphatic carbocycles. The molecule has 0 unspecified atom stereocenters. The Hall–Kier alpha value is -1.02. The maximum absolute atomic E-state index is 5.61. The average molecular weight is 237 g/mol. The van der Waals surface area contributed by atoms with Crippen molar-refractivity contribution in [2.45, 2.75) is 33.6 Å². The third-order valence-corrected chi connectivity index (χ3v) is 2.35. The van der Waals surface area contributed by atoms with Crippen molar-refractivity contribution in [3.63, 3.8) is 0 Å². The quantitative estimate of drug-likeness (QED) is 0.773. The Balaban J connectivity index is 0.00000121. The van der Waals surface area contributed by atoms with Crippen LogP contribution >= 0.6 is 0 Å². The molecule has 1 aromatic rings. The first-order chi connectivity index (χ1) is 8.09. The van der Waals surface area contributed by atoms with E-state index in [2.05, 4.69) is 30.9 Å². The summed E-state index contributed by atoms with van der Waals surface area (Å²) in [6.45, 7) is 10.1. The maximum Gasteiger partial charge on any atom is 0.119 e. The van der Waals surface area contributed by atoms with E-state index in [0.29, 0.717) is 5.92 Å². The van der Waals surface area contributed by atoms with Crippen LogP contribution in [-0.4, -0.2) is 32.1 Å². The average Bonchev–Trinajstić information content (AvgIpc) is 2.32. The monoisotopic (exact) mass is 237 g/mol. The van der Waals surface area contributed by atoms with Gasteiger partial charge in [-0.2, -0.15) is 0 Å². The molecule has 1 rings (SSSR count). The molecule has 0 fully saturated rings. The van der Waals surface area contributed by atoms with Gasteiger partial charge in [0.05, 0.1) is 0 Å². The van der Waals surface area contributed by atoms with E-state index < -0.39 is 0 Å². The Morgan fingerprint density at radius 3 is 2.00 bits per heavy atom. The molecule has 0 amide bonds. The molecule has 2 heteroatoms. The van der Waals surface area contributed by atoms with Crippen LogP contribution in [0.15, 0.2) is 24.3 Å². The first-order valence-electron chi connectivity index (χ1n) is 6.47. The van der Waals surface area contributed by atoms with Crippen LogP contribution < -0.4 is 4.74 Å². The van der Waals surface area contributed by atoms with E-state index >= 15 is 0 Å². The van der Waals surface area contributed by atoms with Gasteiger partial charge in [0.2, 0.25) is 0 Å². The molecule has 0 bridgehead atoms. The Kier molecular flexibility index (Phi) is 8.51. The van der Waals surface area contributed by atoms with Crippen molar-refractivity contribution in [3.8, 4) is 5.75 Å². The van der Waals surface area contributed by atoms with Crippen molar-refractivity contribution in [2.75, 3.05) is 27.2 Å². The molecule has 0 saturated heterocycles. The molecule has 0 saturated carbocycles. The van der Waals surface area contributed by atoms with Crippen molar-refractivity contribution < 1.29 is 4.74 Å². The van der Waals surface area contributed by atoms with E-state index in [1.54, 1.807) is 0 Å². The van der Waals surface area contributed by atoms with E-state index in [1.807, 2.05) is 40.1 Å². The van der Waals surface area contributed by atoms with Crippen LogP contribution in [0.5, 0.6) is 5.75 Å². The standard InChI is InChI=1S/C13H21NO.C2H6/c1-11(2)12-5-7-13(8-6-12)15-10-9-14(3)4;1-2/h5-8,11H,9-10H2,1-4H3;1-2H3. The van der Waals surface area contributed by atoms with Crippen LogP contribution in [0.2, 0.25) is 0 Å². The zero-order valence-electron chi connectivity index (χ0n) is 12.2. The summed E-state index contributed by atoms with van der Waals surface area (Å²) >= 11 is 0. The minimum Gasteiger partial charge on any atom is -0.492 e. The number of hydrogen-bond acceptors (Lipinski definition) is 2. The zero-order chi connectivity index (χ0) is 13.3. The van der Waals surface area contributed by atoms with E-state index in [1.165, 1.54) is 5.56 Å². The lowest BCUT2D eigenvalue weighted by Crippen LogP contribution is -2.19. The van der Waals surface area contributed by atoms with Crippen LogP contribution in [-0.2, 0) is 0 Å². The molecule has 0 radical (unpaired) electrons. The minimum atomic E-state index is 0.584. The second-order valence-corrected chi connectivity index (χ2v) is 4.38. The summed E-state index contributed by atoms with van der Waals surface area (Å²) in [5.41, 5.74) is 1.36. The second-order valence-electron chi connectivity index (χ2n) is 4.38. The summed E-state index contributed by atoms with van der Waals surface area (Å²) in [5.74, 6) is 1.54. The summed E-state index contributed by atoms with van der Waals surface area (Å²) in [6, 6.07) is 8.36. The van der Waals surface area contributed by atoms with Crippen LogP contribution in [0.1, 0.15) is 39.2 Å². The molecule has 0 aliphatic heterocycles. The van der Waals surface area contributed by atoms with Gasteiger partial charge >= 0.3 is 0 Å². The van der Waals surface area contributed by atoms with Gasteiger partial charge in [-0.1, -0.05) is 39.8 Å². The lowest BCUT2D eigenvalue weighted by molar-refractivity contribution is 0.261. The van der Waals surface area contributed by atoms with Crippen molar-refractivity contribution in [2.24, 2.45) is 0 Å². The van der Waals surface area contributed by atoms with Crippen LogP contribution in [0.3, 0.4) is 0 Å². The first-order valence-corrected chi connectivity index (χ1v) is 6.47. The molecule has 98 valence electrons. The summed E-state index contributed by atoms with van der Waals surface area (Å²) in [4.78, 5) is 2.11. The van der Waals surface area contributed by atoms with Gasteiger partial charge in [-0.05, 0) is 37.7 Å². The van der Waals surface area contributed by atoms with Crippen LogP contribution in [0.4, 0.5) is 0 Å². The second kappa shape index (κ2) is 9.06. The third kappa shape index (κ3) is 7.01. The van der Waals surface area contributed by atoms with Gasteiger partial charge in [0, 0.05) is 6.54 Å². The van der Waals surface area contributed by atoms with Gasteiger partial charge in [0.25, 0.3) is 0 Å². The number of nitrogens with zero attached hydrogens (tertiary/aromatic N) is 1. The Labute approximate surface area is 107 Å². The smallest absolute Gasteiger partial charge is 0.119 e. The topological polar surface area (TPSA) is 12.5 Å². The highest BCUT2D eigenvalue weighted by atomic mass is 16.5. The Morgan fingerprint density at radius 1 is 1.06 bits per heavy atom. The van der Waals surface area contributed by atoms with Crippen molar-refractivity contribution in [3.05, 3.63) is 29.8 Å². The molecule has 17 heavy (non-hydrogen) atoms. The van der Waals surface area contributed by atoms with Gasteiger partial charge in [-0.3, -0.25) is 0 Å². The minimum absolute atomic E-state index is 0.584. The number of hydrogen-bond donors (Lipinski definition) is 0. The molecule has 0 aliphatic rings. The molecule has 0 spiro atoms. The third-order valence-electron chi connectivity index (χ3n) is 2.35. The van der Waals surface area contributed by atoms with E-state index in [4.69, 9.17) is 4.74 Å². The molecule has 1 aromatic carbocycles.